The van der Waals surface area contributed by atoms with Crippen molar-refractivity contribution in [3.05, 3.63) is 149 Å². The van der Waals surface area contributed by atoms with Gasteiger partial charge in [-0.05, 0) is 127 Å². The van der Waals surface area contributed by atoms with E-state index in [-0.39, 0.29) is 0 Å². The molecule has 0 saturated carbocycles. The molecule has 0 aliphatic rings. The molecule has 0 aliphatic heterocycles. The molecule has 0 amide bonds. The molecule has 13 rings (SSSR count). The molecule has 0 unspecified atom stereocenters. The van der Waals surface area contributed by atoms with Crippen LogP contribution in [0.15, 0.2) is 137 Å². The van der Waals surface area contributed by atoms with Gasteiger partial charge >= 0.3 is 0 Å². The number of tetrazole rings is 3. The highest BCUT2D eigenvalue weighted by molar-refractivity contribution is 7.98. The van der Waals surface area contributed by atoms with E-state index in [2.05, 4.69) is 118 Å². The summed E-state index contributed by atoms with van der Waals surface area (Å²) in [4.78, 5) is 29.5. The SMILES string of the molecule is Cc1ccc(CSc2nc3ccc(-c4cccc5c(CSc6nc7cc(-c8ccc(CSc9nc%10cc(Cl)ccc%10n9-c9nnnn9C)nc8)ccc7n6-c6nnnn6C)nccc45)cc3n2-c2nnnn2C)nc1. The Morgan fingerprint density at radius 3 is 1.67 bits per heavy atom. The fourth-order valence-electron chi connectivity index (χ4n) is 8.91. The van der Waals surface area contributed by atoms with Gasteiger partial charge in [0.2, 0.25) is 0 Å². The highest BCUT2D eigenvalue weighted by Crippen LogP contribution is 2.38. The fraction of sp³-hybridized carbons (Fsp3) is 0.140. The Morgan fingerprint density at radius 1 is 0.480 bits per heavy atom. The molecule has 25 heteroatoms. The lowest BCUT2D eigenvalue weighted by Crippen LogP contribution is -2.06. The lowest BCUT2D eigenvalue weighted by atomic mass is 9.98. The number of pyridine rings is 3. The van der Waals surface area contributed by atoms with Crippen LogP contribution in [0.25, 0.3) is 84.0 Å². The third kappa shape index (κ3) is 8.59. The molecule has 0 spiro atoms. The van der Waals surface area contributed by atoms with E-state index in [1.54, 1.807) is 56.4 Å². The molecule has 0 fully saturated rings. The molecule has 21 nitrogen and oxygen atoms in total. The van der Waals surface area contributed by atoms with E-state index in [0.717, 1.165) is 104 Å². The minimum Gasteiger partial charge on any atom is -0.260 e. The van der Waals surface area contributed by atoms with Crippen LogP contribution in [0.4, 0.5) is 0 Å². The molecule has 0 aliphatic carbocycles. The van der Waals surface area contributed by atoms with Gasteiger partial charge in [-0.1, -0.05) is 105 Å². The van der Waals surface area contributed by atoms with E-state index in [0.29, 0.717) is 40.1 Å². The number of thioether (sulfide) groups is 3. The van der Waals surface area contributed by atoms with E-state index in [1.807, 2.05) is 89.7 Å². The van der Waals surface area contributed by atoms with Crippen LogP contribution in [-0.4, -0.2) is 104 Å². The second kappa shape index (κ2) is 19.1. The first-order chi connectivity index (χ1) is 36.7. The molecule has 368 valence electrons. The van der Waals surface area contributed by atoms with Gasteiger partial charge in [-0.2, -0.15) is 0 Å². The summed E-state index contributed by atoms with van der Waals surface area (Å²) >= 11 is 11.0. The van der Waals surface area contributed by atoms with Gasteiger partial charge in [0.05, 0.1) is 50.2 Å². The van der Waals surface area contributed by atoms with Crippen molar-refractivity contribution in [3.63, 3.8) is 0 Å². The maximum atomic E-state index is 6.33. The van der Waals surface area contributed by atoms with Crippen molar-refractivity contribution in [3.8, 4) is 40.1 Å². The van der Waals surface area contributed by atoms with Crippen molar-refractivity contribution in [2.75, 3.05) is 0 Å². The minimum absolute atomic E-state index is 0.520. The smallest absolute Gasteiger partial charge is 0.256 e. The quantitative estimate of drug-likeness (QED) is 0.0928. The van der Waals surface area contributed by atoms with Gasteiger partial charge in [0, 0.05) is 73.0 Å². The van der Waals surface area contributed by atoms with Crippen molar-refractivity contribution < 1.29 is 0 Å². The first-order valence-electron chi connectivity index (χ1n) is 23.2. The van der Waals surface area contributed by atoms with Crippen molar-refractivity contribution in [2.45, 2.75) is 39.7 Å². The predicted octanol–water partition coefficient (Wildman–Crippen LogP) is 8.78. The van der Waals surface area contributed by atoms with Crippen molar-refractivity contribution >= 4 is 90.8 Å². The third-order valence-corrected chi connectivity index (χ3v) is 15.7. The van der Waals surface area contributed by atoms with Crippen LogP contribution in [0.1, 0.15) is 22.6 Å². The van der Waals surface area contributed by atoms with E-state index >= 15 is 0 Å². The van der Waals surface area contributed by atoms with Crippen LogP contribution < -0.4 is 0 Å². The average molecular weight is 1060 g/mol. The molecule has 0 radical (unpaired) electrons. The number of imidazole rings is 3. The number of hydrogen-bond donors (Lipinski definition) is 0. The van der Waals surface area contributed by atoms with Gasteiger partial charge in [0.25, 0.3) is 17.8 Å². The largest absolute Gasteiger partial charge is 0.260 e. The van der Waals surface area contributed by atoms with Crippen LogP contribution in [0.3, 0.4) is 0 Å². The van der Waals surface area contributed by atoms with Crippen LogP contribution in [0.2, 0.25) is 5.02 Å². The number of hydrogen-bond acceptors (Lipinski definition) is 18. The summed E-state index contributed by atoms with van der Waals surface area (Å²) in [5.41, 5.74) is 12.8. The summed E-state index contributed by atoms with van der Waals surface area (Å²) in [5, 5.41) is 42.1. The predicted molar refractivity (Wildman–Crippen MR) is 287 cm³/mol. The topological polar surface area (TPSA) is 223 Å². The number of fused-ring (bicyclic) bond motifs is 4. The zero-order chi connectivity index (χ0) is 50.7. The summed E-state index contributed by atoms with van der Waals surface area (Å²) in [6.07, 6.45) is 5.64. The summed E-state index contributed by atoms with van der Waals surface area (Å²) < 4.78 is 10.8. The highest BCUT2D eigenvalue weighted by Gasteiger charge is 2.23. The van der Waals surface area contributed by atoms with Crippen LogP contribution in [-0.2, 0) is 38.4 Å². The zero-order valence-corrected chi connectivity index (χ0v) is 43.4. The van der Waals surface area contributed by atoms with E-state index in [9.17, 15) is 0 Å². The van der Waals surface area contributed by atoms with Gasteiger partial charge in [0.15, 0.2) is 15.5 Å². The Kier molecular flexibility index (Phi) is 11.8. The third-order valence-electron chi connectivity index (χ3n) is 12.6. The van der Waals surface area contributed by atoms with E-state index in [4.69, 9.17) is 36.5 Å². The van der Waals surface area contributed by atoms with Crippen molar-refractivity contribution in [1.82, 2.24) is 104 Å². The number of benzene rings is 4. The summed E-state index contributed by atoms with van der Waals surface area (Å²) in [5.74, 6) is 3.36. The zero-order valence-electron chi connectivity index (χ0n) is 40.2. The first-order valence-corrected chi connectivity index (χ1v) is 26.6. The maximum absolute atomic E-state index is 6.33. The highest BCUT2D eigenvalue weighted by atomic mass is 35.5. The second-order valence-corrected chi connectivity index (χ2v) is 20.7. The number of rotatable bonds is 14. The van der Waals surface area contributed by atoms with Crippen LogP contribution >= 0.6 is 46.9 Å². The maximum Gasteiger partial charge on any atom is 0.256 e. The molecule has 4 aromatic carbocycles. The Bertz CT molecular complexity index is 4290. The first kappa shape index (κ1) is 46.3. The number of aromatic nitrogens is 21. The lowest BCUT2D eigenvalue weighted by molar-refractivity contribution is 0.682. The van der Waals surface area contributed by atoms with E-state index in [1.165, 1.54) is 0 Å². The minimum atomic E-state index is 0.520. The molecule has 0 N–H and O–H groups in total. The second-order valence-electron chi connectivity index (χ2n) is 17.4. The average Bonchev–Trinajstić information content (AvgIpc) is 4.34. The molecule has 9 heterocycles. The molecule has 75 heavy (non-hydrogen) atoms. The molecule has 0 atom stereocenters. The summed E-state index contributed by atoms with van der Waals surface area (Å²) in [6.45, 7) is 2.03. The van der Waals surface area contributed by atoms with Crippen LogP contribution in [0.5, 0.6) is 0 Å². The van der Waals surface area contributed by atoms with Crippen molar-refractivity contribution in [2.24, 2.45) is 21.1 Å². The molecular formula is C50H38ClN21S3. The summed E-state index contributed by atoms with van der Waals surface area (Å²) in [6, 6.07) is 34.7. The fourth-order valence-corrected chi connectivity index (χ4v) is 11.9. The Hall–Kier alpha value is -8.45. The van der Waals surface area contributed by atoms with Gasteiger partial charge in [-0.25, -0.2) is 29.0 Å². The number of nitrogens with zero attached hydrogens (tertiary/aromatic N) is 21. The van der Waals surface area contributed by atoms with Gasteiger partial charge < -0.3 is 0 Å². The van der Waals surface area contributed by atoms with E-state index < -0.39 is 0 Å². The number of halogens is 1. The molecule has 0 bridgehead atoms. The number of aryl methyl sites for hydroxylation is 4. The van der Waals surface area contributed by atoms with Crippen LogP contribution in [0, 0.1) is 6.92 Å². The standard InChI is InChI=1S/C50H38ClN21S3/c1-28-8-13-33(53-23-28)25-73-48-55-38-15-10-30(21-44(38)72(48)47-60-63-66-69(47)4)35-6-5-7-37-36(35)18-19-52-41(37)27-75-50-56-39-20-29(11-16-42(39)70(50)45-58-61-64-67(45)2)31-9-14-34(54-24-31)26-74-49-57-40-22-32(51)12-17-43(40)71(49)46-59-62-65-68(46)3/h5-24H,25-27H2,1-4H3. The van der Waals surface area contributed by atoms with Gasteiger partial charge in [0.1, 0.15) is 0 Å². The Labute approximate surface area is 442 Å². The molecule has 13 aromatic rings. The van der Waals surface area contributed by atoms with Gasteiger partial charge in [-0.15, -0.1) is 0 Å². The molecule has 0 saturated heterocycles. The lowest BCUT2D eigenvalue weighted by Gasteiger charge is -2.12. The normalized spacial score (nSPS) is 11.9. The summed E-state index contributed by atoms with van der Waals surface area (Å²) in [7, 11) is 5.44. The molecule has 9 aromatic heterocycles. The Balaban J connectivity index is 0.780. The Morgan fingerprint density at radius 2 is 1.05 bits per heavy atom. The monoisotopic (exact) mass is 1060 g/mol. The van der Waals surface area contributed by atoms with Crippen molar-refractivity contribution in [1.29, 1.82) is 0 Å². The molecular weight excluding hydrogens is 1030 g/mol. The van der Waals surface area contributed by atoms with Gasteiger partial charge in [-0.3, -0.25) is 28.7 Å².